The van der Waals surface area contributed by atoms with Crippen molar-refractivity contribution in [3.8, 4) is 11.5 Å². The van der Waals surface area contributed by atoms with Crippen LogP contribution in [-0.4, -0.2) is 119 Å². The van der Waals surface area contributed by atoms with Crippen molar-refractivity contribution in [2.24, 2.45) is 0 Å². The Hall–Kier alpha value is -7.81. The molecule has 18 nitrogen and oxygen atoms in total. The zero-order valence-corrected chi connectivity index (χ0v) is 77.2. The molecule has 614 valence electrons. The molecule has 7 aromatic rings. The molecular weight excluding hydrogens is 1590 g/mol. The van der Waals surface area contributed by atoms with Gasteiger partial charge < -0.3 is 43.0 Å². The molecule has 4 aliphatic heterocycles. The fourth-order valence-corrected chi connectivity index (χ4v) is 19.1. The maximum Gasteiger partial charge on any atom is 1.00 e. The van der Waals surface area contributed by atoms with Crippen molar-refractivity contribution in [3.05, 3.63) is 274 Å². The first-order chi connectivity index (χ1) is 56.0. The van der Waals surface area contributed by atoms with Gasteiger partial charge in [0.2, 0.25) is 25.3 Å². The third-order valence-corrected chi connectivity index (χ3v) is 26.3. The number of ketones is 1. The molecule has 0 saturated carbocycles. The Balaban J connectivity index is 0.000000248. The monoisotopic (exact) mass is 1690 g/mol. The molecule has 2 aliphatic carbocycles. The SMILES string of the molecule is [B]CC(=O)CCCCC[N+]1=C(C=CC2=C(Oc3ccc(S(=O)(=O)[O-])cc3)C(=CC=C3N(CCCCS(=O)(=O)[O-])c4ccccc4C3(C)C)CCC2)C(C)(C)c2ccccc21.[B]NC(=O)CCCCCN1C(=CC=C2CCCC(C=CC3=[N+](C)c4ccc5ccccc5c4C3(C)C)=C2Oc2ccc(S(=O)(=O)[O-])cc2)C(C)(C)c2cc(F)ccc21.[Na+].[Na+]. The van der Waals surface area contributed by atoms with Crippen molar-refractivity contribution in [1.82, 2.24) is 5.23 Å². The quantitative estimate of drug-likeness (QED) is 0.0190. The predicted octanol–water partition coefficient (Wildman–Crippen LogP) is 12.0. The summed E-state index contributed by atoms with van der Waals surface area (Å²) < 4.78 is 137. The van der Waals surface area contributed by atoms with E-state index in [4.69, 9.17) is 25.3 Å². The number of allylic oxidation sites excluding steroid dienone is 14. The summed E-state index contributed by atoms with van der Waals surface area (Å²) in [6.45, 7) is 19.5. The first kappa shape index (κ1) is 94.4. The van der Waals surface area contributed by atoms with Gasteiger partial charge in [0.1, 0.15) is 68.4 Å². The van der Waals surface area contributed by atoms with Crippen LogP contribution < -0.4 is 83.6 Å². The number of hydrogen-bond acceptors (Lipinski definition) is 15. The Morgan fingerprint density at radius 2 is 1.03 bits per heavy atom. The van der Waals surface area contributed by atoms with Gasteiger partial charge in [-0.2, -0.15) is 9.15 Å². The maximum atomic E-state index is 14.7. The minimum absolute atomic E-state index is 0. The number of para-hydroxylation sites is 2. The smallest absolute Gasteiger partial charge is 0.748 e. The molecule has 4 heterocycles. The molecule has 0 atom stereocenters. The van der Waals surface area contributed by atoms with Crippen LogP contribution in [0.15, 0.2) is 255 Å². The average molecular weight is 1690 g/mol. The minimum atomic E-state index is -4.64. The van der Waals surface area contributed by atoms with Crippen LogP contribution in [0.5, 0.6) is 11.5 Å². The van der Waals surface area contributed by atoms with E-state index in [1.165, 1.54) is 82.2 Å². The molecule has 4 radical (unpaired) electrons. The second kappa shape index (κ2) is 39.8. The Kier molecular flexibility index (Phi) is 31.3. The molecule has 6 aliphatic rings. The summed E-state index contributed by atoms with van der Waals surface area (Å²) >= 11 is 0. The summed E-state index contributed by atoms with van der Waals surface area (Å²) in [5.74, 6) is 1.31. The van der Waals surface area contributed by atoms with Crippen molar-refractivity contribution < 1.29 is 131 Å². The third-order valence-electron chi connectivity index (χ3n) is 23.8. The van der Waals surface area contributed by atoms with Crippen LogP contribution in [0.4, 0.5) is 27.1 Å². The Morgan fingerprint density at radius 1 is 0.525 bits per heavy atom. The molecule has 0 spiro atoms. The Morgan fingerprint density at radius 3 is 1.60 bits per heavy atom. The van der Waals surface area contributed by atoms with Crippen LogP contribution in [0.3, 0.4) is 0 Å². The van der Waals surface area contributed by atoms with Crippen molar-refractivity contribution in [1.29, 1.82) is 0 Å². The van der Waals surface area contributed by atoms with E-state index in [2.05, 4.69) is 208 Å². The molecule has 1 N–H and O–H groups in total. The van der Waals surface area contributed by atoms with Crippen LogP contribution in [0.1, 0.15) is 180 Å². The van der Waals surface area contributed by atoms with Gasteiger partial charge in [0.05, 0.1) is 38.6 Å². The number of nitrogens with one attached hydrogen (secondary N) is 1. The van der Waals surface area contributed by atoms with E-state index in [9.17, 15) is 52.9 Å². The second-order valence-electron chi connectivity index (χ2n) is 33.2. The molecule has 7 aromatic carbocycles. The second-order valence-corrected chi connectivity index (χ2v) is 37.5. The van der Waals surface area contributed by atoms with E-state index in [-0.39, 0.29) is 115 Å². The number of benzene rings is 7. The molecule has 0 aromatic heterocycles. The van der Waals surface area contributed by atoms with E-state index in [0.717, 1.165) is 144 Å². The number of carbonyl (C=O) groups is 2. The molecular formula is C94H103B2FN5Na2O13S3+. The van der Waals surface area contributed by atoms with Gasteiger partial charge in [-0.1, -0.05) is 107 Å². The molecule has 0 saturated heterocycles. The Bertz CT molecular complexity index is 5750. The van der Waals surface area contributed by atoms with Crippen molar-refractivity contribution in [2.75, 3.05) is 42.2 Å². The van der Waals surface area contributed by atoms with E-state index < -0.39 is 41.5 Å². The van der Waals surface area contributed by atoms with Crippen molar-refractivity contribution in [3.63, 3.8) is 0 Å². The van der Waals surface area contributed by atoms with Crippen LogP contribution >= 0.6 is 0 Å². The van der Waals surface area contributed by atoms with E-state index in [1.807, 2.05) is 18.2 Å². The van der Waals surface area contributed by atoms with Crippen LogP contribution in [0.25, 0.3) is 10.8 Å². The molecule has 120 heavy (non-hydrogen) atoms. The molecule has 0 unspecified atom stereocenters. The third kappa shape index (κ3) is 21.5. The van der Waals surface area contributed by atoms with Crippen LogP contribution in [0.2, 0.25) is 6.32 Å². The number of Topliss-reactive ketones (excluding diaryl/α,β-unsaturated/α-hetero) is 1. The van der Waals surface area contributed by atoms with Gasteiger partial charge in [0.25, 0.3) is 0 Å². The first-order valence-corrected chi connectivity index (χ1v) is 45.0. The molecule has 1 amide bonds. The maximum absolute atomic E-state index is 14.7. The summed E-state index contributed by atoms with van der Waals surface area (Å²) in [7, 11) is -0.683. The average Bonchev–Trinajstić information content (AvgIpc) is 1.52. The summed E-state index contributed by atoms with van der Waals surface area (Å²) in [6.07, 6.45) is 28.4. The zero-order chi connectivity index (χ0) is 84.7. The number of fused-ring (bicyclic) bond motifs is 6. The van der Waals surface area contributed by atoms with E-state index in [1.54, 1.807) is 6.07 Å². The number of halogens is 1. The van der Waals surface area contributed by atoms with Gasteiger partial charge in [-0.3, -0.25) is 4.79 Å². The van der Waals surface area contributed by atoms with Gasteiger partial charge in [0.15, 0.2) is 11.4 Å². The number of hydrogen-bond donors (Lipinski definition) is 1. The van der Waals surface area contributed by atoms with Gasteiger partial charge in [0, 0.05) is 107 Å². The number of rotatable bonds is 30. The zero-order valence-electron chi connectivity index (χ0n) is 70.8. The number of ether oxygens (including phenoxy) is 2. The van der Waals surface area contributed by atoms with E-state index >= 15 is 0 Å². The number of carbonyl (C=O) groups excluding carboxylic acids is 2. The molecule has 13 rings (SSSR count). The van der Waals surface area contributed by atoms with Gasteiger partial charge >= 0.3 is 59.1 Å². The molecule has 26 heteroatoms. The minimum Gasteiger partial charge on any atom is -0.748 e. The van der Waals surface area contributed by atoms with Crippen LogP contribution in [-0.2, 0) is 61.6 Å². The summed E-state index contributed by atoms with van der Waals surface area (Å²) in [6, 6.07) is 45.5. The first-order valence-electron chi connectivity index (χ1n) is 40.6. The summed E-state index contributed by atoms with van der Waals surface area (Å²) in [5.41, 5.74) is 15.6. The molecule has 0 fully saturated rings. The fourth-order valence-electron chi connectivity index (χ4n) is 17.6. The number of amides is 1. The summed E-state index contributed by atoms with van der Waals surface area (Å²) in [5, 5.41) is 4.62. The number of anilines is 2. The number of nitrogens with zero attached hydrogens (tertiary/aromatic N) is 4. The number of unbranched alkanes of at least 4 members (excludes halogenated alkanes) is 5. The van der Waals surface area contributed by atoms with E-state index in [0.29, 0.717) is 68.2 Å². The standard InChI is InChI=1S/C47H49BFN3O5S.C47H55BN2O8S2.2Na/c1-46(2)38-30-34(49)20-26-39(38)52(29-10-6-7-16-43(53)50-48)42(46)28-19-33-14-11-13-32(45(33)57-35-21-23-36(24-22-35)58(54,55)56)18-27-41-47(3,4)44-37-15-9-8-12-31(37)17-25-40(44)51(41)5;1-46(2)39-18-7-9-20-41(39)49(30-11-5-6-17-36(51)33-48)43(46)28-22-34-15-14-16-35(45(34)58-37-24-26-38(27-25-37)60(55,56)57)23-29-44-47(3,4)40-19-8-10-21-42(40)50(44)31-12-13-32-59(52,53)54;;/h8-9,12,15,17-28,30H,6-7,10-11,13-14,16,29H2,1-5H3,(H-,50,53,54,55,56);7-10,18-29H,5-6,11-17,30-33H2,1-4H3,(H-,52,53,54,55,56,57);;/q;;2*+1/p-1. The van der Waals surface area contributed by atoms with Gasteiger partial charge in [-0.05, 0) is 258 Å². The van der Waals surface area contributed by atoms with Crippen molar-refractivity contribution >= 4 is 103 Å². The largest absolute Gasteiger partial charge is 1.00 e. The van der Waals surface area contributed by atoms with Crippen molar-refractivity contribution in [2.45, 2.75) is 196 Å². The Labute approximate surface area is 755 Å². The normalized spacial score (nSPS) is 18.5. The van der Waals surface area contributed by atoms with Crippen LogP contribution in [0, 0.1) is 5.82 Å². The van der Waals surface area contributed by atoms with Gasteiger partial charge in [-0.15, -0.1) is 0 Å². The van der Waals surface area contributed by atoms with Gasteiger partial charge in [-0.25, -0.2) is 29.6 Å². The summed E-state index contributed by atoms with van der Waals surface area (Å²) in [4.78, 5) is 27.3. The topological polar surface area (TPSA) is 249 Å². The molecule has 0 bridgehead atoms. The predicted molar refractivity (Wildman–Crippen MR) is 463 cm³/mol. The fraction of sp³-hybridized carbons (Fsp3) is 0.362.